The second-order valence-electron chi connectivity index (χ2n) is 4.86. The van der Waals surface area contributed by atoms with Crippen molar-refractivity contribution >= 4 is 23.0 Å². The first kappa shape index (κ1) is 15.4. The molecular weight excluding hydrogens is 290 g/mol. The highest BCUT2D eigenvalue weighted by atomic mass is 32.1. The maximum Gasteiger partial charge on any atom is 0.171 e. The Hall–Kier alpha value is -2.01. The van der Waals surface area contributed by atoms with Gasteiger partial charge in [0.1, 0.15) is 0 Å². The molecule has 1 atom stereocenters. The molecule has 0 aliphatic rings. The molecule has 2 N–H and O–H groups in total. The number of rotatable bonds is 3. The summed E-state index contributed by atoms with van der Waals surface area (Å²) in [4.78, 5) is 0. The normalized spacial score (nSPS) is 11.8. The van der Waals surface area contributed by atoms with Crippen molar-refractivity contribution in [3.05, 3.63) is 65.2 Å². The second-order valence-corrected chi connectivity index (χ2v) is 5.27. The SMILES string of the molecule is Cc1cccc(NC(=S)N[C@H](C)c2ccc(F)c(F)c2)c1. The molecule has 0 aromatic heterocycles. The van der Waals surface area contributed by atoms with Gasteiger partial charge in [-0.3, -0.25) is 0 Å². The topological polar surface area (TPSA) is 24.1 Å². The fraction of sp³-hybridized carbons (Fsp3) is 0.188. The third-order valence-electron chi connectivity index (χ3n) is 3.07. The zero-order valence-electron chi connectivity index (χ0n) is 11.8. The van der Waals surface area contributed by atoms with Gasteiger partial charge in [0.15, 0.2) is 16.7 Å². The molecule has 2 rings (SSSR count). The summed E-state index contributed by atoms with van der Waals surface area (Å²) in [6.07, 6.45) is 0. The van der Waals surface area contributed by atoms with Crippen LogP contribution in [0.2, 0.25) is 0 Å². The van der Waals surface area contributed by atoms with Crippen LogP contribution in [0, 0.1) is 18.6 Å². The van der Waals surface area contributed by atoms with Crippen molar-refractivity contribution in [3.63, 3.8) is 0 Å². The van der Waals surface area contributed by atoms with Gasteiger partial charge >= 0.3 is 0 Å². The lowest BCUT2D eigenvalue weighted by Gasteiger charge is -2.17. The molecule has 0 radical (unpaired) electrons. The molecule has 5 heteroatoms. The molecular formula is C16H16F2N2S. The third kappa shape index (κ3) is 4.23. The summed E-state index contributed by atoms with van der Waals surface area (Å²) in [7, 11) is 0. The summed E-state index contributed by atoms with van der Waals surface area (Å²) >= 11 is 5.22. The molecule has 0 saturated carbocycles. The van der Waals surface area contributed by atoms with Gasteiger partial charge in [-0.1, -0.05) is 18.2 Å². The highest BCUT2D eigenvalue weighted by Gasteiger charge is 2.10. The van der Waals surface area contributed by atoms with E-state index in [1.54, 1.807) is 0 Å². The van der Waals surface area contributed by atoms with Gasteiger partial charge in [0, 0.05) is 5.69 Å². The first-order valence-electron chi connectivity index (χ1n) is 6.55. The summed E-state index contributed by atoms with van der Waals surface area (Å²) in [6, 6.07) is 11.4. The van der Waals surface area contributed by atoms with Gasteiger partial charge in [0.25, 0.3) is 0 Å². The first-order valence-corrected chi connectivity index (χ1v) is 6.95. The smallest absolute Gasteiger partial charge is 0.171 e. The number of hydrogen-bond acceptors (Lipinski definition) is 1. The number of aryl methyl sites for hydroxylation is 1. The van der Waals surface area contributed by atoms with Crippen LogP contribution < -0.4 is 10.6 Å². The van der Waals surface area contributed by atoms with Crippen molar-refractivity contribution in [2.24, 2.45) is 0 Å². The zero-order valence-corrected chi connectivity index (χ0v) is 12.6. The van der Waals surface area contributed by atoms with Crippen molar-refractivity contribution in [1.29, 1.82) is 0 Å². The Kier molecular flexibility index (Phi) is 4.85. The minimum Gasteiger partial charge on any atom is -0.356 e. The molecule has 0 aliphatic heterocycles. The van der Waals surface area contributed by atoms with Gasteiger partial charge in [-0.15, -0.1) is 0 Å². The summed E-state index contributed by atoms with van der Waals surface area (Å²) < 4.78 is 26.1. The van der Waals surface area contributed by atoms with Gasteiger partial charge in [-0.2, -0.15) is 0 Å². The molecule has 2 aromatic rings. The van der Waals surface area contributed by atoms with E-state index in [9.17, 15) is 8.78 Å². The van der Waals surface area contributed by atoms with Crippen LogP contribution in [0.5, 0.6) is 0 Å². The molecule has 0 fully saturated rings. The number of nitrogens with one attached hydrogen (secondary N) is 2. The molecule has 2 nitrogen and oxygen atoms in total. The third-order valence-corrected chi connectivity index (χ3v) is 3.29. The van der Waals surface area contributed by atoms with Crippen LogP contribution in [-0.2, 0) is 0 Å². The van der Waals surface area contributed by atoms with Gasteiger partial charge in [-0.25, -0.2) is 8.78 Å². The monoisotopic (exact) mass is 306 g/mol. The van der Waals surface area contributed by atoms with Crippen LogP contribution in [0.15, 0.2) is 42.5 Å². The molecule has 21 heavy (non-hydrogen) atoms. The van der Waals surface area contributed by atoms with Gasteiger partial charge in [0.2, 0.25) is 0 Å². The minimum atomic E-state index is -0.862. The number of thiocarbonyl (C=S) groups is 1. The van der Waals surface area contributed by atoms with Crippen molar-refractivity contribution < 1.29 is 8.78 Å². The molecule has 0 spiro atoms. The van der Waals surface area contributed by atoms with E-state index in [-0.39, 0.29) is 6.04 Å². The van der Waals surface area contributed by atoms with Crippen LogP contribution in [0.1, 0.15) is 24.1 Å². The van der Waals surface area contributed by atoms with Crippen molar-refractivity contribution in [1.82, 2.24) is 5.32 Å². The number of halogens is 2. The quantitative estimate of drug-likeness (QED) is 0.826. The lowest BCUT2D eigenvalue weighted by molar-refractivity contribution is 0.505. The standard InChI is InChI=1S/C16H16F2N2S/c1-10-4-3-5-13(8-10)20-16(21)19-11(2)12-6-7-14(17)15(18)9-12/h3-9,11H,1-2H3,(H2,19,20,21)/t11-/m1/s1. The van der Waals surface area contributed by atoms with E-state index in [4.69, 9.17) is 12.2 Å². The summed E-state index contributed by atoms with van der Waals surface area (Å²) in [5.41, 5.74) is 2.63. The van der Waals surface area contributed by atoms with Crippen LogP contribution in [0.25, 0.3) is 0 Å². The van der Waals surface area contributed by atoms with E-state index in [1.807, 2.05) is 38.1 Å². The second kappa shape index (κ2) is 6.63. The molecule has 0 heterocycles. The average Bonchev–Trinajstić information content (AvgIpc) is 2.41. The van der Waals surface area contributed by atoms with E-state index in [1.165, 1.54) is 12.1 Å². The van der Waals surface area contributed by atoms with E-state index in [0.29, 0.717) is 10.7 Å². The predicted octanol–water partition coefficient (Wildman–Crippen LogP) is 4.32. The van der Waals surface area contributed by atoms with Crippen molar-refractivity contribution in [2.45, 2.75) is 19.9 Å². The summed E-state index contributed by atoms with van der Waals surface area (Å²) in [6.45, 7) is 3.82. The first-order chi connectivity index (χ1) is 9.95. The number of hydrogen-bond donors (Lipinski definition) is 2. The van der Waals surface area contributed by atoms with Crippen LogP contribution >= 0.6 is 12.2 Å². The minimum absolute atomic E-state index is 0.232. The molecule has 0 aliphatic carbocycles. The van der Waals surface area contributed by atoms with Crippen molar-refractivity contribution in [2.75, 3.05) is 5.32 Å². The number of benzene rings is 2. The molecule has 0 bridgehead atoms. The zero-order chi connectivity index (χ0) is 15.4. The average molecular weight is 306 g/mol. The molecule has 0 amide bonds. The van der Waals surface area contributed by atoms with Gasteiger partial charge in [0.05, 0.1) is 6.04 Å². The van der Waals surface area contributed by atoms with E-state index < -0.39 is 11.6 Å². The Morgan fingerprint density at radius 2 is 1.86 bits per heavy atom. The largest absolute Gasteiger partial charge is 0.356 e. The Morgan fingerprint density at radius 3 is 2.52 bits per heavy atom. The Morgan fingerprint density at radius 1 is 1.10 bits per heavy atom. The molecule has 2 aromatic carbocycles. The lowest BCUT2D eigenvalue weighted by Crippen LogP contribution is -2.31. The van der Waals surface area contributed by atoms with Crippen molar-refractivity contribution in [3.8, 4) is 0 Å². The Labute approximate surface area is 128 Å². The summed E-state index contributed by atoms with van der Waals surface area (Å²) in [5, 5.41) is 6.53. The molecule has 0 unspecified atom stereocenters. The predicted molar refractivity (Wildman–Crippen MR) is 85.3 cm³/mol. The summed E-state index contributed by atoms with van der Waals surface area (Å²) in [5.74, 6) is -1.72. The van der Waals surface area contributed by atoms with Gasteiger partial charge in [-0.05, 0) is 61.5 Å². The van der Waals surface area contributed by atoms with E-state index in [2.05, 4.69) is 10.6 Å². The van der Waals surface area contributed by atoms with Crippen LogP contribution in [-0.4, -0.2) is 5.11 Å². The Bertz CT molecular complexity index is 658. The number of anilines is 1. The lowest BCUT2D eigenvalue weighted by atomic mass is 10.1. The molecule has 0 saturated heterocycles. The van der Waals surface area contributed by atoms with Gasteiger partial charge < -0.3 is 10.6 Å². The van der Waals surface area contributed by atoms with Crippen LogP contribution in [0.3, 0.4) is 0 Å². The maximum atomic E-state index is 13.2. The molecule has 110 valence electrons. The Balaban J connectivity index is 2.00. The van der Waals surface area contributed by atoms with E-state index >= 15 is 0 Å². The highest BCUT2D eigenvalue weighted by Crippen LogP contribution is 2.16. The fourth-order valence-electron chi connectivity index (χ4n) is 1.95. The van der Waals surface area contributed by atoms with E-state index in [0.717, 1.165) is 17.3 Å². The van der Waals surface area contributed by atoms with Crippen LogP contribution in [0.4, 0.5) is 14.5 Å². The maximum absolute atomic E-state index is 13.2. The highest BCUT2D eigenvalue weighted by molar-refractivity contribution is 7.80. The fourth-order valence-corrected chi connectivity index (χ4v) is 2.25.